The number of hydrogen-bond donors (Lipinski definition) is 2. The monoisotopic (exact) mass is 326 g/mol. The molecule has 3 heterocycles. The number of pyridine rings is 1. The van der Waals surface area contributed by atoms with Crippen molar-refractivity contribution < 1.29 is 13.9 Å². The number of nitrogens with two attached hydrogens (primary N) is 1. The number of hydrogen-bond acceptors (Lipinski definition) is 4. The van der Waals surface area contributed by atoms with E-state index in [1.54, 1.807) is 12.3 Å². The third-order valence-corrected chi connectivity index (χ3v) is 4.05. The summed E-state index contributed by atoms with van der Waals surface area (Å²) in [5.41, 5.74) is 7.58. The summed E-state index contributed by atoms with van der Waals surface area (Å²) < 4.78 is 19.3. The normalized spacial score (nSPS) is 14.1. The van der Waals surface area contributed by atoms with Crippen LogP contribution in [-0.4, -0.2) is 29.0 Å². The first-order valence-electron chi connectivity index (χ1n) is 7.61. The van der Waals surface area contributed by atoms with E-state index in [0.717, 1.165) is 29.2 Å². The Morgan fingerprint density at radius 3 is 3.00 bits per heavy atom. The molecule has 0 atom stereocenters. The number of nitrogens with zero attached hydrogens (tertiary/aromatic N) is 2. The third kappa shape index (κ3) is 2.34. The first kappa shape index (κ1) is 14.5. The molecule has 3 N–H and O–H groups in total. The van der Waals surface area contributed by atoms with Crippen molar-refractivity contribution in [2.75, 3.05) is 18.1 Å². The van der Waals surface area contributed by atoms with Crippen molar-refractivity contribution in [2.45, 2.75) is 6.42 Å². The van der Waals surface area contributed by atoms with Gasteiger partial charge in [-0.25, -0.2) is 4.39 Å². The van der Waals surface area contributed by atoms with Gasteiger partial charge >= 0.3 is 0 Å². The Morgan fingerprint density at radius 2 is 2.17 bits per heavy atom. The summed E-state index contributed by atoms with van der Waals surface area (Å²) in [5.74, 6) is -0.702. The van der Waals surface area contributed by atoms with Crippen molar-refractivity contribution >= 4 is 28.3 Å². The molecule has 0 saturated heterocycles. The SMILES string of the molecule is NC(=O)c1cc(F)ccc1N1CCCOc2nc3[nH]ccc3cc21. The number of carbonyl (C=O) groups excluding carboxylic acids is 1. The highest BCUT2D eigenvalue weighted by molar-refractivity contribution is 6.00. The van der Waals surface area contributed by atoms with E-state index in [-0.39, 0.29) is 5.56 Å². The van der Waals surface area contributed by atoms with Crippen LogP contribution >= 0.6 is 0 Å². The maximum absolute atomic E-state index is 13.5. The lowest BCUT2D eigenvalue weighted by molar-refractivity contribution is 0.100. The van der Waals surface area contributed by atoms with Crippen molar-refractivity contribution in [3.63, 3.8) is 0 Å². The Morgan fingerprint density at radius 1 is 1.29 bits per heavy atom. The van der Waals surface area contributed by atoms with E-state index in [0.29, 0.717) is 24.7 Å². The fourth-order valence-electron chi connectivity index (χ4n) is 2.96. The standard InChI is InChI=1S/C17H15FN4O2/c18-11-2-3-13(12(9-11)15(19)23)22-6-1-7-24-17-14(22)8-10-4-5-20-16(10)21-17/h2-5,8-9H,1,6-7H2,(H2,19,23)(H,20,21). The number of aromatic nitrogens is 2. The van der Waals surface area contributed by atoms with E-state index >= 15 is 0 Å². The lowest BCUT2D eigenvalue weighted by atomic mass is 10.1. The highest BCUT2D eigenvalue weighted by Gasteiger charge is 2.24. The quantitative estimate of drug-likeness (QED) is 0.758. The molecule has 1 aliphatic rings. The van der Waals surface area contributed by atoms with Gasteiger partial charge in [0.25, 0.3) is 5.91 Å². The highest BCUT2D eigenvalue weighted by atomic mass is 19.1. The molecular formula is C17H15FN4O2. The van der Waals surface area contributed by atoms with Gasteiger partial charge in [-0.3, -0.25) is 4.79 Å². The molecule has 24 heavy (non-hydrogen) atoms. The van der Waals surface area contributed by atoms with Crippen LogP contribution in [0.1, 0.15) is 16.8 Å². The lowest BCUT2D eigenvalue weighted by Crippen LogP contribution is -2.23. The zero-order chi connectivity index (χ0) is 16.7. The van der Waals surface area contributed by atoms with Gasteiger partial charge in [-0.05, 0) is 36.8 Å². The first-order chi connectivity index (χ1) is 11.6. The van der Waals surface area contributed by atoms with Crippen LogP contribution in [-0.2, 0) is 0 Å². The number of benzene rings is 1. The molecule has 3 aromatic rings. The molecule has 0 unspecified atom stereocenters. The van der Waals surface area contributed by atoms with Gasteiger partial charge in [0.05, 0.1) is 17.9 Å². The minimum atomic E-state index is -0.674. The molecule has 0 saturated carbocycles. The molecule has 0 radical (unpaired) electrons. The number of ether oxygens (including phenoxy) is 1. The minimum Gasteiger partial charge on any atom is -0.476 e. The number of nitrogens with one attached hydrogen (secondary N) is 1. The van der Waals surface area contributed by atoms with E-state index in [2.05, 4.69) is 9.97 Å². The summed E-state index contributed by atoms with van der Waals surface area (Å²) >= 11 is 0. The Hall–Kier alpha value is -3.09. The fraction of sp³-hybridized carbons (Fsp3) is 0.176. The minimum absolute atomic E-state index is 0.136. The van der Waals surface area contributed by atoms with Gasteiger partial charge in [-0.15, -0.1) is 0 Å². The van der Waals surface area contributed by atoms with E-state index in [9.17, 15) is 9.18 Å². The van der Waals surface area contributed by atoms with Gasteiger partial charge in [0.2, 0.25) is 5.88 Å². The van der Waals surface area contributed by atoms with Crippen LogP contribution in [0.2, 0.25) is 0 Å². The molecule has 1 aromatic carbocycles. The average molecular weight is 326 g/mol. The summed E-state index contributed by atoms with van der Waals surface area (Å²) in [7, 11) is 0. The second kappa shape index (κ2) is 5.52. The number of halogens is 1. The van der Waals surface area contributed by atoms with Gasteiger partial charge in [0.1, 0.15) is 17.2 Å². The number of amides is 1. The Kier molecular flexibility index (Phi) is 3.34. The van der Waals surface area contributed by atoms with Gasteiger partial charge in [0, 0.05) is 18.1 Å². The molecule has 1 amide bonds. The van der Waals surface area contributed by atoms with E-state index in [4.69, 9.17) is 10.5 Å². The average Bonchev–Trinajstić information content (AvgIpc) is 2.92. The highest BCUT2D eigenvalue weighted by Crippen LogP contribution is 2.38. The van der Waals surface area contributed by atoms with E-state index < -0.39 is 11.7 Å². The van der Waals surface area contributed by atoms with Crippen molar-refractivity contribution in [2.24, 2.45) is 5.73 Å². The fourth-order valence-corrected chi connectivity index (χ4v) is 2.96. The maximum Gasteiger partial charge on any atom is 0.250 e. The van der Waals surface area contributed by atoms with Crippen molar-refractivity contribution in [3.05, 3.63) is 47.9 Å². The molecule has 7 heteroatoms. The number of anilines is 2. The number of primary amides is 1. The second-order valence-electron chi connectivity index (χ2n) is 5.61. The molecule has 122 valence electrons. The lowest BCUT2D eigenvalue weighted by Gasteiger charge is -2.25. The Balaban J connectivity index is 1.92. The van der Waals surface area contributed by atoms with Crippen LogP contribution in [0.15, 0.2) is 36.5 Å². The molecule has 0 bridgehead atoms. The molecule has 0 spiro atoms. The molecule has 6 nitrogen and oxygen atoms in total. The van der Waals surface area contributed by atoms with Crippen molar-refractivity contribution in [3.8, 4) is 5.88 Å². The number of aromatic amines is 1. The molecule has 4 rings (SSSR count). The predicted octanol–water partition coefficient (Wildman–Crippen LogP) is 2.72. The van der Waals surface area contributed by atoms with Gasteiger partial charge in [0.15, 0.2) is 0 Å². The maximum atomic E-state index is 13.5. The summed E-state index contributed by atoms with van der Waals surface area (Å²) in [6.07, 6.45) is 2.54. The number of carbonyl (C=O) groups is 1. The largest absolute Gasteiger partial charge is 0.476 e. The number of H-pyrrole nitrogens is 1. The van der Waals surface area contributed by atoms with Crippen molar-refractivity contribution in [1.29, 1.82) is 0 Å². The first-order valence-corrected chi connectivity index (χ1v) is 7.61. The van der Waals surface area contributed by atoms with Crippen LogP contribution in [0, 0.1) is 5.82 Å². The van der Waals surface area contributed by atoms with E-state index in [1.165, 1.54) is 6.07 Å². The molecule has 2 aromatic heterocycles. The van der Waals surface area contributed by atoms with Crippen LogP contribution in [0.5, 0.6) is 5.88 Å². The number of fused-ring (bicyclic) bond motifs is 2. The van der Waals surface area contributed by atoms with Crippen LogP contribution in [0.3, 0.4) is 0 Å². The van der Waals surface area contributed by atoms with Crippen LogP contribution in [0.4, 0.5) is 15.8 Å². The molecule has 0 aliphatic carbocycles. The Labute approximate surface area is 137 Å². The second-order valence-corrected chi connectivity index (χ2v) is 5.61. The topological polar surface area (TPSA) is 84.2 Å². The summed E-state index contributed by atoms with van der Waals surface area (Å²) in [5, 5.41) is 0.923. The zero-order valence-electron chi connectivity index (χ0n) is 12.8. The molecular weight excluding hydrogens is 311 g/mol. The summed E-state index contributed by atoms with van der Waals surface area (Å²) in [4.78, 5) is 21.2. The van der Waals surface area contributed by atoms with Gasteiger partial charge in [-0.2, -0.15) is 4.98 Å². The summed E-state index contributed by atoms with van der Waals surface area (Å²) in [6.45, 7) is 1.12. The van der Waals surface area contributed by atoms with Crippen molar-refractivity contribution in [1.82, 2.24) is 9.97 Å². The van der Waals surface area contributed by atoms with Crippen LogP contribution < -0.4 is 15.4 Å². The predicted molar refractivity (Wildman–Crippen MR) is 88.1 cm³/mol. The number of rotatable bonds is 2. The Bertz CT molecular complexity index is 937. The van der Waals surface area contributed by atoms with Gasteiger partial charge in [-0.1, -0.05) is 0 Å². The van der Waals surface area contributed by atoms with Gasteiger partial charge < -0.3 is 20.4 Å². The smallest absolute Gasteiger partial charge is 0.250 e. The summed E-state index contributed by atoms with van der Waals surface area (Å²) in [6, 6.07) is 7.88. The third-order valence-electron chi connectivity index (χ3n) is 4.05. The molecule has 1 aliphatic heterocycles. The zero-order valence-corrected chi connectivity index (χ0v) is 12.8. The molecule has 0 fully saturated rings. The van der Waals surface area contributed by atoms with Crippen LogP contribution in [0.25, 0.3) is 11.0 Å². The van der Waals surface area contributed by atoms with E-state index in [1.807, 2.05) is 17.0 Å².